The van der Waals surface area contributed by atoms with Gasteiger partial charge >= 0.3 is 6.18 Å². The van der Waals surface area contributed by atoms with Crippen LogP contribution in [-0.2, 0) is 13.2 Å². The molecular weight excluding hydrogens is 533 g/mol. The van der Waals surface area contributed by atoms with Crippen LogP contribution in [0.25, 0.3) is 11.0 Å². The molecule has 216 valence electrons. The third-order valence-electron chi connectivity index (χ3n) is 7.41. The standard InChI is InChI=1S/C30H33F3N6O2/c1-38-15-11-20(12-16-38)5-4-13-35-28(40)26-19-24(10-14-34-26)41-23-8-9-27-25(18-23)37-29(39(27)2)36-22-7-3-6-21(17-22)30(31,32)33/h3,6-10,14,17-20H,4-5,11-13,15-16H2,1-2H3,(H,35,40)(H,36,37). The van der Waals surface area contributed by atoms with Crippen LogP contribution in [0.4, 0.5) is 24.8 Å². The first-order valence-electron chi connectivity index (χ1n) is 13.7. The number of alkyl halides is 3. The van der Waals surface area contributed by atoms with Gasteiger partial charge in [-0.1, -0.05) is 6.07 Å². The van der Waals surface area contributed by atoms with Gasteiger partial charge in [0.1, 0.15) is 17.2 Å². The molecule has 1 saturated heterocycles. The number of amides is 1. The number of benzene rings is 2. The maximum atomic E-state index is 13.1. The Hall–Kier alpha value is -4.12. The van der Waals surface area contributed by atoms with Crippen LogP contribution in [0.15, 0.2) is 60.8 Å². The lowest BCUT2D eigenvalue weighted by Gasteiger charge is -2.28. The lowest BCUT2D eigenvalue weighted by atomic mass is 9.92. The Morgan fingerprint density at radius 1 is 1.05 bits per heavy atom. The fourth-order valence-corrected chi connectivity index (χ4v) is 5.03. The van der Waals surface area contributed by atoms with Gasteiger partial charge in [0.2, 0.25) is 5.95 Å². The second-order valence-electron chi connectivity index (χ2n) is 10.5. The number of aromatic nitrogens is 3. The normalized spacial score (nSPS) is 14.8. The van der Waals surface area contributed by atoms with Gasteiger partial charge in [0.15, 0.2) is 0 Å². The minimum atomic E-state index is -4.43. The Bertz CT molecular complexity index is 1510. The molecule has 1 amide bonds. The van der Waals surface area contributed by atoms with Gasteiger partial charge in [-0.2, -0.15) is 13.2 Å². The first-order chi connectivity index (χ1) is 19.7. The number of rotatable bonds is 9. The van der Waals surface area contributed by atoms with Crippen LogP contribution in [0.3, 0.4) is 0 Å². The molecule has 2 N–H and O–H groups in total. The van der Waals surface area contributed by atoms with Gasteiger partial charge in [0, 0.05) is 37.6 Å². The molecule has 0 saturated carbocycles. The lowest BCUT2D eigenvalue weighted by Crippen LogP contribution is -2.31. The number of fused-ring (bicyclic) bond motifs is 1. The highest BCUT2D eigenvalue weighted by atomic mass is 19.4. The van der Waals surface area contributed by atoms with E-state index in [0.29, 0.717) is 29.5 Å². The number of nitrogens with zero attached hydrogens (tertiary/aromatic N) is 4. The number of carbonyl (C=O) groups is 1. The SMILES string of the molecule is CN1CCC(CCCNC(=O)c2cc(Oc3ccc4c(c3)nc(Nc3cccc(C(F)(F)F)c3)n4C)ccn2)CC1. The maximum Gasteiger partial charge on any atom is 0.416 e. The highest BCUT2D eigenvalue weighted by molar-refractivity contribution is 5.92. The predicted octanol–water partition coefficient (Wildman–Crippen LogP) is 6.37. The van der Waals surface area contributed by atoms with Crippen molar-refractivity contribution in [2.75, 3.05) is 32.0 Å². The highest BCUT2D eigenvalue weighted by Crippen LogP contribution is 2.32. The van der Waals surface area contributed by atoms with Gasteiger partial charge < -0.3 is 24.8 Å². The Labute approximate surface area is 236 Å². The summed E-state index contributed by atoms with van der Waals surface area (Å²) < 4.78 is 47.0. The Morgan fingerprint density at radius 3 is 2.61 bits per heavy atom. The lowest BCUT2D eigenvalue weighted by molar-refractivity contribution is -0.137. The molecule has 0 atom stereocenters. The first-order valence-corrected chi connectivity index (χ1v) is 13.7. The molecule has 0 unspecified atom stereocenters. The number of pyridine rings is 1. The zero-order valence-corrected chi connectivity index (χ0v) is 23.0. The van der Waals surface area contributed by atoms with Crippen molar-refractivity contribution in [2.45, 2.75) is 31.9 Å². The average Bonchev–Trinajstić information content (AvgIpc) is 3.25. The average molecular weight is 567 g/mol. The first kappa shape index (κ1) is 28.4. The van der Waals surface area contributed by atoms with Crippen molar-refractivity contribution in [3.05, 3.63) is 72.1 Å². The van der Waals surface area contributed by atoms with E-state index in [1.54, 1.807) is 41.9 Å². The van der Waals surface area contributed by atoms with Crippen LogP contribution in [0.5, 0.6) is 11.5 Å². The Kier molecular flexibility index (Phi) is 8.44. The molecule has 0 spiro atoms. The Balaban J connectivity index is 1.20. The monoisotopic (exact) mass is 566 g/mol. The van der Waals surface area contributed by atoms with Crippen molar-refractivity contribution in [1.29, 1.82) is 0 Å². The van der Waals surface area contributed by atoms with Crippen LogP contribution in [-0.4, -0.2) is 52.0 Å². The molecular formula is C30H33F3N6O2. The quantitative estimate of drug-likeness (QED) is 0.229. The van der Waals surface area contributed by atoms with Crippen molar-refractivity contribution >= 4 is 28.6 Å². The van der Waals surface area contributed by atoms with Crippen LogP contribution >= 0.6 is 0 Å². The number of halogens is 3. The maximum absolute atomic E-state index is 13.1. The smallest absolute Gasteiger partial charge is 0.416 e. The van der Waals surface area contributed by atoms with Gasteiger partial charge in [-0.15, -0.1) is 0 Å². The Morgan fingerprint density at radius 2 is 1.83 bits per heavy atom. The number of ether oxygens (including phenoxy) is 1. The minimum absolute atomic E-state index is 0.246. The number of hydrogen-bond acceptors (Lipinski definition) is 6. The number of carbonyl (C=O) groups excluding carboxylic acids is 1. The second kappa shape index (κ2) is 12.2. The molecule has 2 aromatic carbocycles. The zero-order chi connectivity index (χ0) is 29.0. The molecule has 1 aliphatic rings. The van der Waals surface area contributed by atoms with Crippen molar-refractivity contribution in [3.63, 3.8) is 0 Å². The molecule has 4 aromatic rings. The summed E-state index contributed by atoms with van der Waals surface area (Å²) in [5.74, 6) is 1.81. The molecule has 5 rings (SSSR count). The number of imidazole rings is 1. The third kappa shape index (κ3) is 7.15. The van der Waals surface area contributed by atoms with E-state index in [1.807, 2.05) is 6.07 Å². The summed E-state index contributed by atoms with van der Waals surface area (Å²) in [6.45, 7) is 2.88. The molecule has 0 bridgehead atoms. The summed E-state index contributed by atoms with van der Waals surface area (Å²) in [6.07, 6.45) is 1.56. The zero-order valence-electron chi connectivity index (χ0n) is 23.0. The fraction of sp³-hybridized carbons (Fsp3) is 0.367. The summed E-state index contributed by atoms with van der Waals surface area (Å²) in [5.41, 5.74) is 1.17. The highest BCUT2D eigenvalue weighted by Gasteiger charge is 2.30. The van der Waals surface area contributed by atoms with Crippen molar-refractivity contribution in [3.8, 4) is 11.5 Å². The summed E-state index contributed by atoms with van der Waals surface area (Å²) in [7, 11) is 3.92. The van der Waals surface area contributed by atoms with Gasteiger partial charge in [-0.05, 0) is 88.1 Å². The molecule has 1 aliphatic heterocycles. The van der Waals surface area contributed by atoms with E-state index in [2.05, 4.69) is 32.5 Å². The van der Waals surface area contributed by atoms with Crippen LogP contribution in [0.2, 0.25) is 0 Å². The molecule has 0 radical (unpaired) electrons. The summed E-state index contributed by atoms with van der Waals surface area (Å²) in [4.78, 5) is 23.8. The van der Waals surface area contributed by atoms with Crippen LogP contribution in [0, 0.1) is 5.92 Å². The molecule has 11 heteroatoms. The molecule has 8 nitrogen and oxygen atoms in total. The largest absolute Gasteiger partial charge is 0.457 e. The fourth-order valence-electron chi connectivity index (χ4n) is 5.03. The minimum Gasteiger partial charge on any atom is -0.457 e. The van der Waals surface area contributed by atoms with E-state index >= 15 is 0 Å². The molecule has 2 aromatic heterocycles. The number of hydrogen-bond donors (Lipinski definition) is 2. The van der Waals surface area contributed by atoms with E-state index in [1.165, 1.54) is 25.1 Å². The van der Waals surface area contributed by atoms with E-state index in [0.717, 1.165) is 49.5 Å². The molecule has 41 heavy (non-hydrogen) atoms. The number of aryl methyl sites for hydroxylation is 1. The molecule has 1 fully saturated rings. The number of anilines is 2. The topological polar surface area (TPSA) is 84.3 Å². The van der Waals surface area contributed by atoms with Gasteiger partial charge in [-0.3, -0.25) is 9.78 Å². The van der Waals surface area contributed by atoms with Crippen LogP contribution in [0.1, 0.15) is 41.7 Å². The molecule has 0 aliphatic carbocycles. The third-order valence-corrected chi connectivity index (χ3v) is 7.41. The van der Waals surface area contributed by atoms with E-state index < -0.39 is 11.7 Å². The predicted molar refractivity (Wildman–Crippen MR) is 152 cm³/mol. The molecule has 3 heterocycles. The van der Waals surface area contributed by atoms with Gasteiger partial charge in [0.25, 0.3) is 5.91 Å². The van der Waals surface area contributed by atoms with Gasteiger partial charge in [0.05, 0.1) is 16.6 Å². The van der Waals surface area contributed by atoms with Crippen LogP contribution < -0.4 is 15.4 Å². The van der Waals surface area contributed by atoms with Crippen molar-refractivity contribution in [1.82, 2.24) is 24.8 Å². The number of piperidine rings is 1. The number of nitrogens with one attached hydrogen (secondary N) is 2. The van der Waals surface area contributed by atoms with E-state index in [-0.39, 0.29) is 17.3 Å². The summed E-state index contributed by atoms with van der Waals surface area (Å²) >= 11 is 0. The van der Waals surface area contributed by atoms with Crippen molar-refractivity contribution in [2.24, 2.45) is 13.0 Å². The van der Waals surface area contributed by atoms with Crippen molar-refractivity contribution < 1.29 is 22.7 Å². The second-order valence-corrected chi connectivity index (χ2v) is 10.5. The summed E-state index contributed by atoms with van der Waals surface area (Å²) in [6, 6.07) is 13.5. The number of likely N-dealkylation sites (tertiary alicyclic amines) is 1. The van der Waals surface area contributed by atoms with E-state index in [9.17, 15) is 18.0 Å². The summed E-state index contributed by atoms with van der Waals surface area (Å²) in [5, 5.41) is 5.91. The van der Waals surface area contributed by atoms with E-state index in [4.69, 9.17) is 4.74 Å². The van der Waals surface area contributed by atoms with Gasteiger partial charge in [-0.25, -0.2) is 4.98 Å².